The molecule has 1 N–H and O–H groups in total. The van der Waals surface area contributed by atoms with Crippen LogP contribution in [0.5, 0.6) is 5.75 Å². The van der Waals surface area contributed by atoms with Crippen molar-refractivity contribution in [3.63, 3.8) is 0 Å². The number of aromatic nitrogens is 5. The summed E-state index contributed by atoms with van der Waals surface area (Å²) in [7, 11) is 1.64. The van der Waals surface area contributed by atoms with Crippen LogP contribution in [0.15, 0.2) is 53.3 Å². The molecule has 0 radical (unpaired) electrons. The van der Waals surface area contributed by atoms with Crippen LogP contribution in [0.4, 0.5) is 0 Å². The molecule has 0 bridgehead atoms. The van der Waals surface area contributed by atoms with E-state index in [1.165, 1.54) is 11.1 Å². The second kappa shape index (κ2) is 10.2. The van der Waals surface area contributed by atoms with E-state index in [4.69, 9.17) is 4.74 Å². The minimum atomic E-state index is -0.279. The SMILES string of the molecule is COc1ccc2[nH]c(=O)c(CN(Cc3ccc(C)cc3)[C@H](c3nnnn3C(C)(C)C)C(C)C)cc2c1. The van der Waals surface area contributed by atoms with Gasteiger partial charge in [0.25, 0.3) is 5.56 Å². The Morgan fingerprint density at radius 2 is 1.78 bits per heavy atom. The van der Waals surface area contributed by atoms with Gasteiger partial charge in [-0.15, -0.1) is 5.10 Å². The van der Waals surface area contributed by atoms with Crippen LogP contribution in [0.1, 0.15) is 63.2 Å². The number of hydrogen-bond acceptors (Lipinski definition) is 6. The first-order valence-corrected chi connectivity index (χ1v) is 12.3. The van der Waals surface area contributed by atoms with Gasteiger partial charge >= 0.3 is 0 Å². The van der Waals surface area contributed by atoms with Crippen molar-refractivity contribution in [2.24, 2.45) is 5.92 Å². The van der Waals surface area contributed by atoms with Gasteiger partial charge in [0.05, 0.1) is 18.7 Å². The quantitative estimate of drug-likeness (QED) is 0.376. The molecule has 2 aromatic carbocycles. The summed E-state index contributed by atoms with van der Waals surface area (Å²) in [6, 6.07) is 16.0. The molecule has 36 heavy (non-hydrogen) atoms. The molecular weight excluding hydrogens is 452 g/mol. The summed E-state index contributed by atoms with van der Waals surface area (Å²) in [5.41, 5.74) is 3.47. The molecule has 190 valence electrons. The number of methoxy groups -OCH3 is 1. The molecule has 0 aliphatic rings. The molecular formula is C28H36N6O2. The lowest BCUT2D eigenvalue weighted by atomic mass is 9.98. The van der Waals surface area contributed by atoms with Crippen LogP contribution in [-0.4, -0.2) is 37.2 Å². The highest BCUT2D eigenvalue weighted by atomic mass is 16.5. The number of rotatable bonds is 8. The Morgan fingerprint density at radius 1 is 1.06 bits per heavy atom. The summed E-state index contributed by atoms with van der Waals surface area (Å²) in [5, 5.41) is 13.8. The zero-order valence-corrected chi connectivity index (χ0v) is 22.2. The van der Waals surface area contributed by atoms with Crippen LogP contribution in [0.25, 0.3) is 10.9 Å². The molecule has 0 unspecified atom stereocenters. The molecule has 8 nitrogen and oxygen atoms in total. The van der Waals surface area contributed by atoms with Gasteiger partial charge in [-0.05, 0) is 73.9 Å². The van der Waals surface area contributed by atoms with E-state index in [2.05, 4.69) is 91.2 Å². The molecule has 0 aliphatic carbocycles. The molecule has 2 aromatic heterocycles. The minimum Gasteiger partial charge on any atom is -0.497 e. The van der Waals surface area contributed by atoms with Crippen molar-refractivity contribution in [2.45, 2.75) is 66.2 Å². The van der Waals surface area contributed by atoms with Crippen LogP contribution in [0.3, 0.4) is 0 Å². The normalized spacial score (nSPS) is 13.0. The molecule has 4 rings (SSSR count). The highest BCUT2D eigenvalue weighted by Gasteiger charge is 2.33. The van der Waals surface area contributed by atoms with Gasteiger partial charge in [0, 0.05) is 29.6 Å². The predicted molar refractivity (Wildman–Crippen MR) is 142 cm³/mol. The molecule has 2 heterocycles. The Morgan fingerprint density at radius 3 is 2.42 bits per heavy atom. The Labute approximate surface area is 212 Å². The van der Waals surface area contributed by atoms with Gasteiger partial charge in [0.2, 0.25) is 0 Å². The summed E-state index contributed by atoms with van der Waals surface area (Å²) in [6.07, 6.45) is 0. The van der Waals surface area contributed by atoms with Crippen LogP contribution < -0.4 is 10.3 Å². The first-order chi connectivity index (χ1) is 17.1. The number of tetrazole rings is 1. The lowest BCUT2D eigenvalue weighted by molar-refractivity contribution is 0.119. The van der Waals surface area contributed by atoms with Crippen LogP contribution >= 0.6 is 0 Å². The maximum absolute atomic E-state index is 13.2. The molecule has 0 spiro atoms. The lowest BCUT2D eigenvalue weighted by Gasteiger charge is -2.35. The average Bonchev–Trinajstić information content (AvgIpc) is 3.30. The molecule has 0 saturated heterocycles. The summed E-state index contributed by atoms with van der Waals surface area (Å²) < 4.78 is 7.30. The molecule has 1 atom stereocenters. The maximum Gasteiger partial charge on any atom is 0.252 e. The van der Waals surface area contributed by atoms with Gasteiger partial charge in [0.15, 0.2) is 5.82 Å². The highest BCUT2D eigenvalue weighted by molar-refractivity contribution is 5.80. The molecule has 0 amide bonds. The second-order valence-corrected chi connectivity index (χ2v) is 10.8. The van der Waals surface area contributed by atoms with E-state index in [1.807, 2.05) is 28.9 Å². The van der Waals surface area contributed by atoms with Crippen molar-refractivity contribution in [3.05, 3.63) is 81.4 Å². The third-order valence-electron chi connectivity index (χ3n) is 6.43. The molecule has 0 saturated carbocycles. The summed E-state index contributed by atoms with van der Waals surface area (Å²) in [6.45, 7) is 13.8. The van der Waals surface area contributed by atoms with Gasteiger partial charge in [-0.1, -0.05) is 43.7 Å². The third kappa shape index (κ3) is 5.49. The molecule has 0 fully saturated rings. The number of nitrogens with one attached hydrogen (secondary N) is 1. The fraction of sp³-hybridized carbons (Fsp3) is 0.429. The van der Waals surface area contributed by atoms with Crippen LogP contribution in [-0.2, 0) is 18.6 Å². The lowest BCUT2D eigenvalue weighted by Crippen LogP contribution is -2.37. The van der Waals surface area contributed by atoms with Gasteiger partial charge in [-0.25, -0.2) is 4.68 Å². The maximum atomic E-state index is 13.2. The number of nitrogens with zero attached hydrogens (tertiary/aromatic N) is 5. The van der Waals surface area contributed by atoms with Crippen LogP contribution in [0.2, 0.25) is 0 Å². The Balaban J connectivity index is 1.81. The smallest absolute Gasteiger partial charge is 0.252 e. The van der Waals surface area contributed by atoms with E-state index in [9.17, 15) is 4.79 Å². The first-order valence-electron chi connectivity index (χ1n) is 12.3. The van der Waals surface area contributed by atoms with E-state index in [0.717, 1.165) is 22.5 Å². The predicted octanol–water partition coefficient (Wildman–Crippen LogP) is 4.99. The fourth-order valence-corrected chi connectivity index (χ4v) is 4.61. The van der Waals surface area contributed by atoms with Crippen molar-refractivity contribution in [2.75, 3.05) is 7.11 Å². The van der Waals surface area contributed by atoms with E-state index in [-0.39, 0.29) is 23.1 Å². The number of H-pyrrole nitrogens is 1. The Hall–Kier alpha value is -3.52. The van der Waals surface area contributed by atoms with Crippen molar-refractivity contribution < 1.29 is 4.74 Å². The molecule has 0 aliphatic heterocycles. The summed E-state index contributed by atoms with van der Waals surface area (Å²) in [5.74, 6) is 1.74. The topological polar surface area (TPSA) is 88.9 Å². The van der Waals surface area contributed by atoms with Gasteiger partial charge in [-0.2, -0.15) is 0 Å². The Bertz CT molecular complexity index is 1380. The highest BCUT2D eigenvalue weighted by Crippen LogP contribution is 2.32. The molecule has 4 aromatic rings. The number of pyridine rings is 1. The Kier molecular flexibility index (Phi) is 7.26. The first kappa shape index (κ1) is 25.6. The van der Waals surface area contributed by atoms with Gasteiger partial charge < -0.3 is 9.72 Å². The number of ether oxygens (including phenoxy) is 1. The van der Waals surface area contributed by atoms with E-state index < -0.39 is 0 Å². The zero-order chi connectivity index (χ0) is 26.0. The van der Waals surface area contributed by atoms with Gasteiger partial charge in [0.1, 0.15) is 5.75 Å². The van der Waals surface area contributed by atoms with E-state index >= 15 is 0 Å². The van der Waals surface area contributed by atoms with Crippen molar-refractivity contribution >= 4 is 10.9 Å². The van der Waals surface area contributed by atoms with Crippen molar-refractivity contribution in [1.82, 2.24) is 30.1 Å². The van der Waals surface area contributed by atoms with E-state index in [1.54, 1.807) is 7.11 Å². The molecule has 8 heteroatoms. The number of benzene rings is 2. The van der Waals surface area contributed by atoms with Crippen LogP contribution in [0, 0.1) is 12.8 Å². The summed E-state index contributed by atoms with van der Waals surface area (Å²) >= 11 is 0. The standard InChI is InChI=1S/C28H36N6O2/c1-18(2)25(26-30-31-32-34(26)28(4,5)6)33(16-20-10-8-19(3)9-11-20)17-22-14-21-15-23(36-7)12-13-24(21)29-27(22)35/h8-15,18,25H,16-17H2,1-7H3,(H,29,35)/t25-/m0/s1. The number of aryl methyl sites for hydroxylation is 1. The number of aromatic amines is 1. The largest absolute Gasteiger partial charge is 0.497 e. The average molecular weight is 489 g/mol. The van der Waals surface area contributed by atoms with E-state index in [0.29, 0.717) is 18.7 Å². The van der Waals surface area contributed by atoms with Crippen molar-refractivity contribution in [1.29, 1.82) is 0 Å². The summed E-state index contributed by atoms with van der Waals surface area (Å²) in [4.78, 5) is 18.5. The fourth-order valence-electron chi connectivity index (χ4n) is 4.61. The monoisotopic (exact) mass is 488 g/mol. The second-order valence-electron chi connectivity index (χ2n) is 10.8. The third-order valence-corrected chi connectivity index (χ3v) is 6.43. The zero-order valence-electron chi connectivity index (χ0n) is 22.2. The number of fused-ring (bicyclic) bond motifs is 1. The minimum absolute atomic E-state index is 0.0977. The van der Waals surface area contributed by atoms with Gasteiger partial charge in [-0.3, -0.25) is 9.69 Å². The van der Waals surface area contributed by atoms with Crippen molar-refractivity contribution in [3.8, 4) is 5.75 Å². The number of hydrogen-bond donors (Lipinski definition) is 1.